The van der Waals surface area contributed by atoms with Crippen LogP contribution in [0.5, 0.6) is 11.5 Å². The number of hydrogen-bond acceptors (Lipinski definition) is 9. The molecule has 214 valence electrons. The lowest BCUT2D eigenvalue weighted by molar-refractivity contribution is -0.147. The van der Waals surface area contributed by atoms with E-state index in [-0.39, 0.29) is 45.4 Å². The lowest BCUT2D eigenvalue weighted by atomic mass is 9.91. The average molecular weight is 579 g/mol. The Morgan fingerprint density at radius 3 is 2.05 bits per heavy atom. The van der Waals surface area contributed by atoms with E-state index in [2.05, 4.69) is 13.2 Å². The smallest absolute Gasteiger partial charge is 0.344 e. The number of Topliss-reactive ketones (excluding diaryl/α,β-unsaturated/α-hetero) is 1. The van der Waals surface area contributed by atoms with Crippen molar-refractivity contribution in [2.24, 2.45) is 5.92 Å². The van der Waals surface area contributed by atoms with E-state index in [1.807, 2.05) is 42.5 Å². The molecule has 0 spiro atoms. The van der Waals surface area contributed by atoms with Crippen LogP contribution in [0.1, 0.15) is 10.4 Å². The minimum absolute atomic E-state index is 0.0362. The van der Waals surface area contributed by atoms with Gasteiger partial charge in [0.15, 0.2) is 19.0 Å². The molecule has 4 rings (SSSR count). The first-order valence-corrected chi connectivity index (χ1v) is 14.0. The fourth-order valence-corrected chi connectivity index (χ4v) is 6.50. The van der Waals surface area contributed by atoms with Crippen molar-refractivity contribution in [3.8, 4) is 11.5 Å². The quantitative estimate of drug-likeness (QED) is 0.129. The van der Waals surface area contributed by atoms with Crippen LogP contribution in [0.25, 0.3) is 0 Å². The number of ketones is 1. The molecule has 0 radical (unpaired) electrons. The van der Waals surface area contributed by atoms with Gasteiger partial charge in [-0.05, 0) is 47.3 Å². The molecule has 0 saturated carbocycles. The minimum Gasteiger partial charge on any atom is -0.498 e. The second-order valence-electron chi connectivity index (χ2n) is 8.52. The molecule has 2 aromatic rings. The third-order valence-electron chi connectivity index (χ3n) is 5.87. The van der Waals surface area contributed by atoms with E-state index >= 15 is 0 Å². The monoisotopic (exact) mass is 578 g/mol. The van der Waals surface area contributed by atoms with E-state index in [1.54, 1.807) is 24.3 Å². The molecule has 1 aliphatic heterocycles. The summed E-state index contributed by atoms with van der Waals surface area (Å²) in [4.78, 5) is 40.2. The number of ether oxygens (including phenoxy) is 6. The first kappa shape index (κ1) is 29.4. The van der Waals surface area contributed by atoms with Crippen LogP contribution in [0.15, 0.2) is 102 Å². The highest BCUT2D eigenvalue weighted by molar-refractivity contribution is 8.16. The molecule has 2 atom stereocenters. The first-order chi connectivity index (χ1) is 20.0. The predicted octanol–water partition coefficient (Wildman–Crippen LogP) is 4.65. The van der Waals surface area contributed by atoms with Gasteiger partial charge in [-0.15, -0.1) is 10.5 Å². The summed E-state index contributed by atoms with van der Waals surface area (Å²) in [5.74, 6) is -0.589. The van der Waals surface area contributed by atoms with Crippen molar-refractivity contribution in [3.05, 3.63) is 98.0 Å². The summed E-state index contributed by atoms with van der Waals surface area (Å²) in [5.41, 5.74) is 0.538. The Labute approximate surface area is 240 Å². The van der Waals surface area contributed by atoms with Gasteiger partial charge in [0.25, 0.3) is 0 Å². The largest absolute Gasteiger partial charge is 0.498 e. The molecule has 2 aromatic carbocycles. The van der Waals surface area contributed by atoms with Crippen LogP contribution in [0.3, 0.4) is 0 Å². The third kappa shape index (κ3) is 7.76. The normalized spacial score (nSPS) is 16.6. The van der Waals surface area contributed by atoms with E-state index in [0.29, 0.717) is 17.1 Å². The average Bonchev–Trinajstić information content (AvgIpc) is 3.00. The van der Waals surface area contributed by atoms with Gasteiger partial charge in [-0.25, -0.2) is 9.59 Å². The van der Waals surface area contributed by atoms with Gasteiger partial charge in [-0.2, -0.15) is 0 Å². The summed E-state index contributed by atoms with van der Waals surface area (Å²) in [6.07, 6.45) is 10.2. The van der Waals surface area contributed by atoms with Crippen LogP contribution in [-0.4, -0.2) is 62.2 Å². The SMILES string of the molecule is C=COCCOC(=O)COc1ccc(S2=C3C=CC=CC3C(=O)c3cc(OCC(=O)OCCOC=C)ccc32)cc1. The number of esters is 2. The van der Waals surface area contributed by atoms with Gasteiger partial charge in [-0.1, -0.05) is 37.5 Å². The molecular formula is C31H30O9S. The van der Waals surface area contributed by atoms with Crippen molar-refractivity contribution in [1.82, 2.24) is 0 Å². The molecule has 10 heteroatoms. The van der Waals surface area contributed by atoms with E-state index in [4.69, 9.17) is 28.4 Å². The number of hydrogen-bond donors (Lipinski definition) is 0. The topological polar surface area (TPSA) is 107 Å². The molecule has 9 nitrogen and oxygen atoms in total. The zero-order chi connectivity index (χ0) is 29.0. The molecule has 0 fully saturated rings. The lowest BCUT2D eigenvalue weighted by Gasteiger charge is -2.29. The maximum Gasteiger partial charge on any atom is 0.344 e. The Morgan fingerprint density at radius 2 is 1.41 bits per heavy atom. The predicted molar refractivity (Wildman–Crippen MR) is 153 cm³/mol. The maximum atomic E-state index is 13.5. The highest BCUT2D eigenvalue weighted by atomic mass is 32.2. The third-order valence-corrected chi connectivity index (χ3v) is 8.27. The molecule has 1 heterocycles. The summed E-state index contributed by atoms with van der Waals surface area (Å²) in [7, 11) is -0.556. The van der Waals surface area contributed by atoms with Crippen molar-refractivity contribution in [1.29, 1.82) is 0 Å². The maximum absolute atomic E-state index is 13.5. The molecule has 2 aliphatic rings. The van der Waals surface area contributed by atoms with Crippen molar-refractivity contribution >= 4 is 33.1 Å². The fourth-order valence-electron chi connectivity index (χ4n) is 4.08. The van der Waals surface area contributed by atoms with Crippen LogP contribution in [0, 0.1) is 5.92 Å². The number of benzene rings is 2. The van der Waals surface area contributed by atoms with Crippen LogP contribution in [-0.2, 0) is 28.5 Å². The summed E-state index contributed by atoms with van der Waals surface area (Å²) in [5, 5.41) is 0. The van der Waals surface area contributed by atoms with Crippen LogP contribution < -0.4 is 9.47 Å². The van der Waals surface area contributed by atoms with Crippen molar-refractivity contribution in [2.45, 2.75) is 9.79 Å². The highest BCUT2D eigenvalue weighted by Crippen LogP contribution is 2.47. The van der Waals surface area contributed by atoms with Gasteiger partial charge in [0, 0.05) is 15.4 Å². The second kappa shape index (κ2) is 14.7. The van der Waals surface area contributed by atoms with Gasteiger partial charge in [-0.3, -0.25) is 4.79 Å². The zero-order valence-corrected chi connectivity index (χ0v) is 23.1. The molecule has 41 heavy (non-hydrogen) atoms. The first-order valence-electron chi connectivity index (χ1n) is 12.8. The van der Waals surface area contributed by atoms with Crippen molar-refractivity contribution in [2.75, 3.05) is 39.6 Å². The Balaban J connectivity index is 1.48. The molecule has 0 aromatic heterocycles. The summed E-state index contributed by atoms with van der Waals surface area (Å²) in [6.45, 7) is 6.94. The van der Waals surface area contributed by atoms with Crippen LogP contribution in [0.4, 0.5) is 0 Å². The number of carbonyl (C=O) groups is 3. The lowest BCUT2D eigenvalue weighted by Crippen LogP contribution is -2.27. The van der Waals surface area contributed by atoms with Gasteiger partial charge >= 0.3 is 11.9 Å². The Kier molecular flexibility index (Phi) is 10.6. The Morgan fingerprint density at radius 1 is 0.805 bits per heavy atom. The Bertz CT molecular complexity index is 1390. The summed E-state index contributed by atoms with van der Waals surface area (Å²) >= 11 is 0. The van der Waals surface area contributed by atoms with E-state index in [1.165, 1.54) is 12.5 Å². The zero-order valence-electron chi connectivity index (χ0n) is 22.3. The van der Waals surface area contributed by atoms with Gasteiger partial charge in [0.2, 0.25) is 0 Å². The van der Waals surface area contributed by atoms with Crippen LogP contribution >= 0.6 is 10.5 Å². The van der Waals surface area contributed by atoms with Crippen LogP contribution in [0.2, 0.25) is 0 Å². The molecule has 1 aliphatic carbocycles. The molecule has 2 unspecified atom stereocenters. The highest BCUT2D eigenvalue weighted by Gasteiger charge is 2.33. The van der Waals surface area contributed by atoms with E-state index in [0.717, 1.165) is 14.7 Å². The van der Waals surface area contributed by atoms with Crippen molar-refractivity contribution < 1.29 is 42.8 Å². The number of allylic oxidation sites excluding steroid dienone is 4. The molecule has 0 bridgehead atoms. The summed E-state index contributed by atoms with van der Waals surface area (Å²) in [6, 6.07) is 12.7. The molecule has 0 amide bonds. The van der Waals surface area contributed by atoms with Gasteiger partial charge < -0.3 is 28.4 Å². The molecule has 0 N–H and O–H groups in total. The van der Waals surface area contributed by atoms with Crippen molar-refractivity contribution in [3.63, 3.8) is 0 Å². The van der Waals surface area contributed by atoms with E-state index in [9.17, 15) is 14.4 Å². The molecular weight excluding hydrogens is 548 g/mol. The number of carbonyl (C=O) groups excluding carboxylic acids is 3. The molecule has 0 saturated heterocycles. The fraction of sp³-hybridized carbons (Fsp3) is 0.226. The number of fused-ring (bicyclic) bond motifs is 2. The minimum atomic E-state index is -0.556. The second-order valence-corrected chi connectivity index (χ2v) is 10.5. The van der Waals surface area contributed by atoms with Gasteiger partial charge in [0.05, 0.1) is 18.4 Å². The standard InChI is InChI=1S/C31H30O9S/c1-3-35-15-17-37-29(32)20-39-22-9-12-24(13-10-22)41-27-8-6-5-7-25(27)31(34)26-19-23(11-14-28(26)41)40-21-30(33)38-18-16-36-4-2/h3-14,19,25H,1-2,15-18,20-21H2. The number of rotatable bonds is 15. The Hall–Kier alpha value is -4.57. The van der Waals surface area contributed by atoms with Gasteiger partial charge in [0.1, 0.15) is 37.9 Å². The summed E-state index contributed by atoms with van der Waals surface area (Å²) < 4.78 is 31.1. The van der Waals surface area contributed by atoms with E-state index < -0.39 is 28.3 Å².